The third kappa shape index (κ3) is 2.86. The van der Waals surface area contributed by atoms with Crippen molar-refractivity contribution >= 4 is 16.7 Å². The van der Waals surface area contributed by atoms with E-state index in [0.717, 1.165) is 12.1 Å². The first-order chi connectivity index (χ1) is 9.65. The SMILES string of the molecule is CC(C)(CC(F)(F)c1ccc(F)c2ccccc12)C(=O)O. The fraction of sp³-hybridized carbons (Fsp3) is 0.312. The maximum Gasteiger partial charge on any atom is 0.309 e. The number of carboxylic acids is 1. The minimum atomic E-state index is -3.37. The van der Waals surface area contributed by atoms with Gasteiger partial charge < -0.3 is 5.11 Å². The van der Waals surface area contributed by atoms with Gasteiger partial charge in [0.1, 0.15) is 5.82 Å². The second-order valence-electron chi connectivity index (χ2n) is 5.71. The number of aliphatic carboxylic acids is 1. The summed E-state index contributed by atoms with van der Waals surface area (Å²) in [5.41, 5.74) is -1.94. The summed E-state index contributed by atoms with van der Waals surface area (Å²) in [6.45, 7) is 2.49. The van der Waals surface area contributed by atoms with Crippen molar-refractivity contribution in [3.8, 4) is 0 Å². The number of benzene rings is 2. The van der Waals surface area contributed by atoms with Gasteiger partial charge in [0.05, 0.1) is 5.41 Å². The van der Waals surface area contributed by atoms with E-state index >= 15 is 0 Å². The summed E-state index contributed by atoms with van der Waals surface area (Å²) < 4.78 is 42.7. The lowest BCUT2D eigenvalue weighted by molar-refractivity contribution is -0.153. The molecule has 112 valence electrons. The molecule has 5 heteroatoms. The van der Waals surface area contributed by atoms with Crippen molar-refractivity contribution in [1.29, 1.82) is 0 Å². The third-order valence-corrected chi connectivity index (χ3v) is 3.51. The van der Waals surface area contributed by atoms with Gasteiger partial charge in [-0.1, -0.05) is 24.3 Å². The molecular formula is C16H15F3O2. The molecule has 0 unspecified atom stereocenters. The maximum atomic E-state index is 14.5. The van der Waals surface area contributed by atoms with Crippen molar-refractivity contribution in [2.45, 2.75) is 26.2 Å². The van der Waals surface area contributed by atoms with Crippen LogP contribution in [0.3, 0.4) is 0 Å². The van der Waals surface area contributed by atoms with Gasteiger partial charge in [-0.25, -0.2) is 13.2 Å². The molecule has 2 nitrogen and oxygen atoms in total. The summed E-state index contributed by atoms with van der Waals surface area (Å²) in [4.78, 5) is 11.1. The maximum absolute atomic E-state index is 14.5. The molecule has 0 aliphatic heterocycles. The topological polar surface area (TPSA) is 37.3 Å². The Morgan fingerprint density at radius 1 is 1.10 bits per heavy atom. The predicted molar refractivity (Wildman–Crippen MR) is 73.8 cm³/mol. The Morgan fingerprint density at radius 2 is 1.67 bits per heavy atom. The highest BCUT2D eigenvalue weighted by molar-refractivity contribution is 5.87. The van der Waals surface area contributed by atoms with Crippen LogP contribution in [0.15, 0.2) is 36.4 Å². The molecule has 0 spiro atoms. The summed E-state index contributed by atoms with van der Waals surface area (Å²) in [6, 6.07) is 7.95. The fourth-order valence-electron chi connectivity index (χ4n) is 2.31. The van der Waals surface area contributed by atoms with Crippen LogP contribution in [0.2, 0.25) is 0 Å². The molecule has 0 aliphatic carbocycles. The van der Waals surface area contributed by atoms with Gasteiger partial charge in [0.15, 0.2) is 0 Å². The number of carboxylic acid groups (broad SMARTS) is 1. The largest absolute Gasteiger partial charge is 0.481 e. The first-order valence-electron chi connectivity index (χ1n) is 6.44. The van der Waals surface area contributed by atoms with Crippen molar-refractivity contribution in [1.82, 2.24) is 0 Å². The highest BCUT2D eigenvalue weighted by Crippen LogP contribution is 2.42. The number of hydrogen-bond donors (Lipinski definition) is 1. The minimum Gasteiger partial charge on any atom is -0.481 e. The summed E-state index contributed by atoms with van der Waals surface area (Å²) in [6.07, 6.45) is -0.856. The molecule has 0 aromatic heterocycles. The van der Waals surface area contributed by atoms with E-state index in [9.17, 15) is 18.0 Å². The van der Waals surface area contributed by atoms with Crippen LogP contribution in [-0.2, 0) is 10.7 Å². The molecule has 0 aliphatic rings. The first-order valence-corrected chi connectivity index (χ1v) is 6.44. The van der Waals surface area contributed by atoms with E-state index in [4.69, 9.17) is 5.11 Å². The van der Waals surface area contributed by atoms with Crippen molar-refractivity contribution in [3.05, 3.63) is 47.8 Å². The average molecular weight is 296 g/mol. The first kappa shape index (κ1) is 15.4. The van der Waals surface area contributed by atoms with Crippen LogP contribution in [-0.4, -0.2) is 11.1 Å². The summed E-state index contributed by atoms with van der Waals surface area (Å²) in [7, 11) is 0. The molecule has 0 amide bonds. The normalized spacial score (nSPS) is 12.6. The van der Waals surface area contributed by atoms with Crippen molar-refractivity contribution in [2.75, 3.05) is 0 Å². The molecule has 0 radical (unpaired) electrons. The molecule has 0 atom stereocenters. The Balaban J connectivity index is 2.55. The van der Waals surface area contributed by atoms with Gasteiger partial charge in [-0.05, 0) is 31.4 Å². The quantitative estimate of drug-likeness (QED) is 0.897. The van der Waals surface area contributed by atoms with Gasteiger partial charge in [-0.2, -0.15) is 0 Å². The van der Waals surface area contributed by atoms with Crippen LogP contribution in [0.4, 0.5) is 13.2 Å². The Hall–Kier alpha value is -2.04. The minimum absolute atomic E-state index is 0.0998. The Kier molecular flexibility index (Phi) is 3.70. The highest BCUT2D eigenvalue weighted by Gasteiger charge is 2.43. The standard InChI is InChI=1S/C16H15F3O2/c1-15(2,14(20)21)9-16(18,19)12-7-8-13(17)11-6-4-3-5-10(11)12/h3-8H,9H2,1-2H3,(H,20,21). The lowest BCUT2D eigenvalue weighted by Gasteiger charge is -2.27. The van der Waals surface area contributed by atoms with Gasteiger partial charge in [-0.3, -0.25) is 4.79 Å². The third-order valence-electron chi connectivity index (χ3n) is 3.51. The van der Waals surface area contributed by atoms with E-state index in [-0.39, 0.29) is 16.3 Å². The Morgan fingerprint density at radius 3 is 2.24 bits per heavy atom. The van der Waals surface area contributed by atoms with E-state index in [2.05, 4.69) is 0 Å². The van der Waals surface area contributed by atoms with Crippen LogP contribution in [0, 0.1) is 11.2 Å². The Bertz CT molecular complexity index is 693. The van der Waals surface area contributed by atoms with Gasteiger partial charge >= 0.3 is 5.97 Å². The van der Waals surface area contributed by atoms with Crippen LogP contribution < -0.4 is 0 Å². The van der Waals surface area contributed by atoms with Crippen LogP contribution in [0.1, 0.15) is 25.8 Å². The smallest absolute Gasteiger partial charge is 0.309 e. The molecule has 0 heterocycles. The van der Waals surface area contributed by atoms with Crippen LogP contribution in [0.25, 0.3) is 10.8 Å². The summed E-state index contributed by atoms with van der Waals surface area (Å²) >= 11 is 0. The average Bonchev–Trinajstić information content (AvgIpc) is 2.37. The number of fused-ring (bicyclic) bond motifs is 1. The zero-order valence-electron chi connectivity index (χ0n) is 11.7. The second kappa shape index (κ2) is 5.06. The molecule has 0 saturated heterocycles. The van der Waals surface area contributed by atoms with Gasteiger partial charge in [0.25, 0.3) is 5.92 Å². The molecule has 0 bridgehead atoms. The number of halogens is 3. The molecule has 1 N–H and O–H groups in total. The molecule has 21 heavy (non-hydrogen) atoms. The van der Waals surface area contributed by atoms with E-state index in [1.54, 1.807) is 12.1 Å². The molecule has 2 rings (SSSR count). The van der Waals surface area contributed by atoms with Crippen molar-refractivity contribution < 1.29 is 23.1 Å². The lowest BCUT2D eigenvalue weighted by Crippen LogP contribution is -2.31. The highest BCUT2D eigenvalue weighted by atomic mass is 19.3. The van der Waals surface area contributed by atoms with E-state index < -0.39 is 29.5 Å². The van der Waals surface area contributed by atoms with Crippen LogP contribution in [0.5, 0.6) is 0 Å². The van der Waals surface area contributed by atoms with E-state index in [1.165, 1.54) is 26.0 Å². The summed E-state index contributed by atoms with van der Waals surface area (Å²) in [5, 5.41) is 9.22. The van der Waals surface area contributed by atoms with Gasteiger partial charge in [0, 0.05) is 17.4 Å². The monoisotopic (exact) mass is 296 g/mol. The second-order valence-corrected chi connectivity index (χ2v) is 5.71. The number of hydrogen-bond acceptors (Lipinski definition) is 1. The fourth-order valence-corrected chi connectivity index (χ4v) is 2.31. The zero-order valence-corrected chi connectivity index (χ0v) is 11.7. The predicted octanol–water partition coefficient (Wildman–Crippen LogP) is 4.57. The van der Waals surface area contributed by atoms with E-state index in [1.807, 2.05) is 0 Å². The molecule has 2 aromatic carbocycles. The van der Waals surface area contributed by atoms with Crippen molar-refractivity contribution in [3.63, 3.8) is 0 Å². The van der Waals surface area contributed by atoms with Crippen LogP contribution >= 0.6 is 0 Å². The van der Waals surface area contributed by atoms with Gasteiger partial charge in [-0.15, -0.1) is 0 Å². The molecule has 0 saturated carbocycles. The Labute approximate surface area is 120 Å². The summed E-state index contributed by atoms with van der Waals surface area (Å²) in [5.74, 6) is -5.24. The molecule has 2 aromatic rings. The van der Waals surface area contributed by atoms with Crippen molar-refractivity contribution in [2.24, 2.45) is 5.41 Å². The van der Waals surface area contributed by atoms with E-state index in [0.29, 0.717) is 0 Å². The molecule has 0 fully saturated rings. The number of carbonyl (C=O) groups is 1. The zero-order chi connectivity index (χ0) is 15.8. The van der Waals surface area contributed by atoms with Gasteiger partial charge in [0.2, 0.25) is 0 Å². The lowest BCUT2D eigenvalue weighted by atomic mass is 9.83. The number of alkyl halides is 2. The molecular weight excluding hydrogens is 281 g/mol. The number of rotatable bonds is 4.